The van der Waals surface area contributed by atoms with Crippen molar-refractivity contribution in [3.8, 4) is 0 Å². The minimum Gasteiger partial charge on any atom is -0.444 e. The molecular formula is C15H21FN3O5P. The van der Waals surface area contributed by atoms with Crippen molar-refractivity contribution >= 4 is 19.1 Å². The van der Waals surface area contributed by atoms with Crippen molar-refractivity contribution in [2.45, 2.75) is 32.4 Å². The van der Waals surface area contributed by atoms with Crippen LogP contribution in [0.25, 0.3) is 5.53 Å². The summed E-state index contributed by atoms with van der Waals surface area (Å²) in [5.74, 6) is -0.510. The molecule has 138 valence electrons. The third-order valence-corrected chi connectivity index (χ3v) is 4.86. The smallest absolute Gasteiger partial charge is 0.439 e. The van der Waals surface area contributed by atoms with Crippen LogP contribution in [0.5, 0.6) is 0 Å². The maximum Gasteiger partial charge on any atom is 0.439 e. The Morgan fingerprint density at radius 3 is 2.16 bits per heavy atom. The van der Waals surface area contributed by atoms with Gasteiger partial charge in [0.25, 0.3) is 0 Å². The average Bonchev–Trinajstić information content (AvgIpc) is 2.53. The minimum atomic E-state index is -4.00. The first kappa shape index (κ1) is 21.0. The summed E-state index contributed by atoms with van der Waals surface area (Å²) < 4.78 is 40.6. The van der Waals surface area contributed by atoms with Crippen LogP contribution < -0.4 is 5.32 Å². The first-order valence-corrected chi connectivity index (χ1v) is 8.79. The maximum atomic E-state index is 13.2. The van der Waals surface area contributed by atoms with E-state index < -0.39 is 36.6 Å². The first-order chi connectivity index (χ1) is 11.6. The standard InChI is InChI=1S/C15H21FN3O5P/c1-15(2,3)24-14(20)18-12(10-6-8-11(16)9-7-10)13(19-17)25(21,22-4)23-5/h6-9,12H,1-5H3,(H,18,20)/t12-/m1/s1. The summed E-state index contributed by atoms with van der Waals surface area (Å²) in [6, 6.07) is 3.71. The summed E-state index contributed by atoms with van der Waals surface area (Å²) in [6.07, 6.45) is -0.860. The van der Waals surface area contributed by atoms with Crippen molar-refractivity contribution in [2.75, 3.05) is 14.2 Å². The van der Waals surface area contributed by atoms with E-state index in [2.05, 4.69) is 10.1 Å². The van der Waals surface area contributed by atoms with Gasteiger partial charge in [0.15, 0.2) is 6.04 Å². The molecule has 0 saturated carbocycles. The van der Waals surface area contributed by atoms with Crippen LogP contribution in [0.1, 0.15) is 32.4 Å². The third-order valence-electron chi connectivity index (χ3n) is 2.99. The number of hydrogen-bond acceptors (Lipinski definition) is 5. The summed E-state index contributed by atoms with van der Waals surface area (Å²) >= 11 is 0. The third kappa shape index (κ3) is 5.76. The fraction of sp³-hybridized carbons (Fsp3) is 0.467. The van der Waals surface area contributed by atoms with Gasteiger partial charge in [-0.25, -0.2) is 13.8 Å². The molecule has 1 aromatic rings. The molecule has 1 N–H and O–H groups in total. The zero-order chi connectivity index (χ0) is 19.3. The van der Waals surface area contributed by atoms with Gasteiger partial charge in [-0.15, -0.1) is 0 Å². The van der Waals surface area contributed by atoms with E-state index in [4.69, 9.17) is 13.8 Å². The molecule has 0 fully saturated rings. The Morgan fingerprint density at radius 1 is 1.24 bits per heavy atom. The lowest BCUT2D eigenvalue weighted by atomic mass is 10.1. The molecule has 0 unspecified atom stereocenters. The van der Waals surface area contributed by atoms with Crippen LogP contribution in [-0.4, -0.2) is 36.2 Å². The number of ether oxygens (including phenoxy) is 1. The Kier molecular flexibility index (Phi) is 7.02. The Balaban J connectivity index is 3.32. The highest BCUT2D eigenvalue weighted by atomic mass is 31.2. The lowest BCUT2D eigenvalue weighted by Crippen LogP contribution is -2.38. The summed E-state index contributed by atoms with van der Waals surface area (Å²) in [7, 11) is -1.79. The van der Waals surface area contributed by atoms with Crippen LogP contribution in [0.15, 0.2) is 24.3 Å². The normalized spacial score (nSPS) is 12.9. The minimum absolute atomic E-state index is 0.286. The molecule has 1 rings (SSSR count). The number of hydrogen-bond donors (Lipinski definition) is 1. The van der Waals surface area contributed by atoms with Gasteiger partial charge in [0.2, 0.25) is 0 Å². The first-order valence-electron chi connectivity index (χ1n) is 7.25. The quantitative estimate of drug-likeness (QED) is 0.355. The van der Waals surface area contributed by atoms with Gasteiger partial charge in [-0.3, -0.25) is 0 Å². The van der Waals surface area contributed by atoms with Crippen LogP contribution in [0.4, 0.5) is 9.18 Å². The lowest BCUT2D eigenvalue weighted by Gasteiger charge is -2.23. The topological polar surface area (TPSA) is 110 Å². The van der Waals surface area contributed by atoms with Gasteiger partial charge in [-0.2, -0.15) is 4.79 Å². The van der Waals surface area contributed by atoms with E-state index in [0.717, 1.165) is 26.4 Å². The van der Waals surface area contributed by atoms with E-state index in [-0.39, 0.29) is 5.56 Å². The van der Waals surface area contributed by atoms with Crippen molar-refractivity contribution in [3.05, 3.63) is 41.2 Å². The van der Waals surface area contributed by atoms with Crippen molar-refractivity contribution in [1.82, 2.24) is 5.32 Å². The summed E-state index contributed by atoms with van der Waals surface area (Å²) in [4.78, 5) is 15.1. The Bertz CT molecular complexity index is 703. The van der Waals surface area contributed by atoms with Crippen LogP contribution in [-0.2, 0) is 18.3 Å². The zero-order valence-corrected chi connectivity index (χ0v) is 15.5. The molecule has 0 aliphatic carbocycles. The van der Waals surface area contributed by atoms with Crippen LogP contribution in [0, 0.1) is 5.82 Å². The van der Waals surface area contributed by atoms with Gasteiger partial charge in [0.05, 0.1) is 0 Å². The molecule has 10 heteroatoms. The van der Waals surface area contributed by atoms with E-state index in [0.29, 0.717) is 0 Å². The van der Waals surface area contributed by atoms with E-state index in [9.17, 15) is 19.3 Å². The molecule has 0 aliphatic heterocycles. The van der Waals surface area contributed by atoms with Gasteiger partial charge < -0.3 is 24.6 Å². The highest BCUT2D eigenvalue weighted by molar-refractivity contribution is 7.72. The lowest BCUT2D eigenvalue weighted by molar-refractivity contribution is -0.00974. The number of nitrogens with zero attached hydrogens (tertiary/aromatic N) is 2. The molecule has 25 heavy (non-hydrogen) atoms. The SMILES string of the molecule is COP(=O)(OC)C(=[N+]=[N-])[C@H](NC(=O)OC(C)(C)C)c1ccc(F)cc1. The van der Waals surface area contributed by atoms with Gasteiger partial charge in [-0.1, -0.05) is 12.1 Å². The number of carbonyl (C=O) groups excluding carboxylic acids is 1. The highest BCUT2D eigenvalue weighted by Crippen LogP contribution is 2.50. The van der Waals surface area contributed by atoms with Crippen LogP contribution >= 0.6 is 7.60 Å². The summed E-state index contributed by atoms with van der Waals surface area (Å²) in [6.45, 7) is 4.99. The fourth-order valence-corrected chi connectivity index (χ4v) is 3.07. The fourth-order valence-electron chi connectivity index (χ4n) is 1.91. The van der Waals surface area contributed by atoms with Crippen molar-refractivity contribution < 1.29 is 32.3 Å². The summed E-state index contributed by atoms with van der Waals surface area (Å²) in [5, 5.41) is 2.43. The molecule has 0 aromatic heterocycles. The predicted molar refractivity (Wildman–Crippen MR) is 88.8 cm³/mol. The van der Waals surface area contributed by atoms with E-state index in [1.807, 2.05) is 0 Å². The van der Waals surface area contributed by atoms with E-state index >= 15 is 0 Å². The monoisotopic (exact) mass is 373 g/mol. The molecule has 0 bridgehead atoms. The molecule has 0 spiro atoms. The van der Waals surface area contributed by atoms with Crippen molar-refractivity contribution in [3.63, 3.8) is 0 Å². The van der Waals surface area contributed by atoms with Crippen LogP contribution in [0.3, 0.4) is 0 Å². The molecule has 1 aromatic carbocycles. The van der Waals surface area contributed by atoms with Crippen molar-refractivity contribution in [2.24, 2.45) is 0 Å². The average molecular weight is 373 g/mol. The molecule has 0 heterocycles. The number of carbonyl (C=O) groups is 1. The number of halogens is 1. The largest absolute Gasteiger partial charge is 0.444 e. The molecule has 1 amide bonds. The molecule has 1 atom stereocenters. The van der Waals surface area contributed by atoms with Gasteiger partial charge in [0, 0.05) is 14.2 Å². The number of nitrogens with one attached hydrogen (secondary N) is 1. The number of alkyl carbamates (subject to hydrolysis) is 1. The predicted octanol–water partition coefficient (Wildman–Crippen LogP) is 3.51. The molecule has 0 saturated heterocycles. The molecule has 0 aliphatic rings. The Hall–Kier alpha value is -2.05. The zero-order valence-electron chi connectivity index (χ0n) is 14.6. The molecule has 8 nitrogen and oxygen atoms in total. The van der Waals surface area contributed by atoms with Gasteiger partial charge in [0.1, 0.15) is 11.4 Å². The van der Waals surface area contributed by atoms with Crippen LogP contribution in [0.2, 0.25) is 0 Å². The number of rotatable bonds is 6. The number of benzene rings is 1. The van der Waals surface area contributed by atoms with E-state index in [1.165, 1.54) is 12.1 Å². The maximum absolute atomic E-state index is 13.2. The van der Waals surface area contributed by atoms with Gasteiger partial charge >= 0.3 is 19.1 Å². The molecule has 0 radical (unpaired) electrons. The Morgan fingerprint density at radius 2 is 1.76 bits per heavy atom. The second-order valence-corrected chi connectivity index (χ2v) is 8.14. The van der Waals surface area contributed by atoms with Gasteiger partial charge in [-0.05, 0) is 38.5 Å². The van der Waals surface area contributed by atoms with E-state index in [1.54, 1.807) is 20.8 Å². The second-order valence-electron chi connectivity index (χ2n) is 5.95. The number of amides is 1. The second kappa shape index (κ2) is 8.36. The Labute approximate surface area is 145 Å². The summed E-state index contributed by atoms with van der Waals surface area (Å²) in [5.41, 5.74) is 8.36. The highest BCUT2D eigenvalue weighted by Gasteiger charge is 2.46. The molecular weight excluding hydrogens is 352 g/mol. The van der Waals surface area contributed by atoms with Crippen molar-refractivity contribution in [1.29, 1.82) is 0 Å².